The van der Waals surface area contributed by atoms with Crippen LogP contribution in [0.1, 0.15) is 12.5 Å². The molecule has 1 atom stereocenters. The van der Waals surface area contributed by atoms with Crippen molar-refractivity contribution in [3.63, 3.8) is 0 Å². The lowest BCUT2D eigenvalue weighted by Gasteiger charge is -2.16. The van der Waals surface area contributed by atoms with Crippen molar-refractivity contribution in [1.82, 2.24) is 10.6 Å². The highest BCUT2D eigenvalue weighted by molar-refractivity contribution is 7.80. The van der Waals surface area contributed by atoms with E-state index in [-0.39, 0.29) is 11.9 Å². The molecular weight excluding hydrogens is 239 g/mol. The maximum Gasteiger partial charge on any atom is 0.166 e. The molecule has 0 spiro atoms. The molecule has 0 radical (unpaired) electrons. The summed E-state index contributed by atoms with van der Waals surface area (Å²) in [5.74, 6) is -0.229. The van der Waals surface area contributed by atoms with Crippen LogP contribution >= 0.6 is 12.2 Å². The zero-order valence-corrected chi connectivity index (χ0v) is 10.8. The molecule has 0 aliphatic carbocycles. The van der Waals surface area contributed by atoms with Crippen LogP contribution < -0.4 is 10.6 Å². The molecule has 1 unspecified atom stereocenters. The minimum atomic E-state index is -0.229. The lowest BCUT2D eigenvalue weighted by Crippen LogP contribution is -2.42. The smallest absolute Gasteiger partial charge is 0.166 e. The van der Waals surface area contributed by atoms with Gasteiger partial charge in [-0.1, -0.05) is 18.2 Å². The predicted octanol–water partition coefficient (Wildman–Crippen LogP) is 1.82. The molecule has 2 N–H and O–H groups in total. The van der Waals surface area contributed by atoms with Crippen LogP contribution in [0.2, 0.25) is 0 Å². The standard InChI is InChI=1S/C12H17FN2OS/c1-9(8-16-2)15-12(17)14-7-10-5-3-4-6-11(10)13/h3-6,9H,7-8H2,1-2H3,(H2,14,15,17). The molecule has 0 bridgehead atoms. The van der Waals surface area contributed by atoms with Gasteiger partial charge in [0, 0.05) is 25.3 Å². The molecule has 5 heteroatoms. The van der Waals surface area contributed by atoms with Gasteiger partial charge < -0.3 is 15.4 Å². The third-order valence-electron chi connectivity index (χ3n) is 2.19. The normalized spacial score (nSPS) is 11.9. The van der Waals surface area contributed by atoms with Gasteiger partial charge in [0.15, 0.2) is 5.11 Å². The summed E-state index contributed by atoms with van der Waals surface area (Å²) >= 11 is 5.09. The third kappa shape index (κ3) is 5.10. The highest BCUT2D eigenvalue weighted by atomic mass is 32.1. The number of thiocarbonyl (C=S) groups is 1. The van der Waals surface area contributed by atoms with Gasteiger partial charge in [-0.25, -0.2) is 4.39 Å². The monoisotopic (exact) mass is 256 g/mol. The van der Waals surface area contributed by atoms with Crippen LogP contribution in [0, 0.1) is 5.82 Å². The molecule has 0 saturated carbocycles. The molecule has 0 aliphatic heterocycles. The topological polar surface area (TPSA) is 33.3 Å². The van der Waals surface area contributed by atoms with Crippen LogP contribution in [0.4, 0.5) is 4.39 Å². The Balaban J connectivity index is 2.36. The molecule has 94 valence electrons. The summed E-state index contributed by atoms with van der Waals surface area (Å²) in [6.07, 6.45) is 0. The summed E-state index contributed by atoms with van der Waals surface area (Å²) in [7, 11) is 1.63. The van der Waals surface area contributed by atoms with Crippen molar-refractivity contribution in [2.75, 3.05) is 13.7 Å². The first kappa shape index (κ1) is 13.9. The van der Waals surface area contributed by atoms with Crippen molar-refractivity contribution >= 4 is 17.3 Å². The Morgan fingerprint density at radius 2 is 2.18 bits per heavy atom. The number of methoxy groups -OCH3 is 1. The Bertz CT molecular complexity index is 373. The molecule has 0 aliphatic rings. The summed E-state index contributed by atoms with van der Waals surface area (Å²) in [6.45, 7) is 2.90. The zero-order valence-electron chi connectivity index (χ0n) is 10.00. The highest BCUT2D eigenvalue weighted by Gasteiger charge is 2.04. The van der Waals surface area contributed by atoms with Gasteiger partial charge in [0.1, 0.15) is 5.82 Å². The van der Waals surface area contributed by atoms with Crippen LogP contribution in [0.15, 0.2) is 24.3 Å². The van der Waals surface area contributed by atoms with Crippen molar-refractivity contribution in [3.05, 3.63) is 35.6 Å². The lowest BCUT2D eigenvalue weighted by molar-refractivity contribution is 0.179. The van der Waals surface area contributed by atoms with E-state index in [9.17, 15) is 4.39 Å². The Morgan fingerprint density at radius 1 is 1.47 bits per heavy atom. The van der Waals surface area contributed by atoms with E-state index >= 15 is 0 Å². The quantitative estimate of drug-likeness (QED) is 0.787. The Kier molecular flexibility index (Phi) is 5.86. The average Bonchev–Trinajstić information content (AvgIpc) is 2.28. The van der Waals surface area contributed by atoms with Crippen LogP contribution in [0.25, 0.3) is 0 Å². The zero-order chi connectivity index (χ0) is 12.7. The molecular formula is C12H17FN2OS. The molecule has 0 aromatic heterocycles. The third-order valence-corrected chi connectivity index (χ3v) is 2.45. The number of nitrogens with one attached hydrogen (secondary N) is 2. The van der Waals surface area contributed by atoms with Gasteiger partial charge >= 0.3 is 0 Å². The molecule has 0 heterocycles. The number of ether oxygens (including phenoxy) is 1. The molecule has 1 rings (SSSR count). The molecule has 0 saturated heterocycles. The van der Waals surface area contributed by atoms with Crippen LogP contribution in [0.5, 0.6) is 0 Å². The second-order valence-corrected chi connectivity index (χ2v) is 4.18. The molecule has 17 heavy (non-hydrogen) atoms. The van der Waals surface area contributed by atoms with Gasteiger partial charge in [0.25, 0.3) is 0 Å². The van der Waals surface area contributed by atoms with Crippen molar-refractivity contribution in [1.29, 1.82) is 0 Å². The summed E-state index contributed by atoms with van der Waals surface area (Å²) in [4.78, 5) is 0. The van der Waals surface area contributed by atoms with E-state index in [0.717, 1.165) is 0 Å². The molecule has 3 nitrogen and oxygen atoms in total. The highest BCUT2D eigenvalue weighted by Crippen LogP contribution is 2.05. The van der Waals surface area contributed by atoms with Crippen molar-refractivity contribution in [2.24, 2.45) is 0 Å². The minimum absolute atomic E-state index is 0.126. The van der Waals surface area contributed by atoms with Gasteiger partial charge in [-0.3, -0.25) is 0 Å². The lowest BCUT2D eigenvalue weighted by atomic mass is 10.2. The minimum Gasteiger partial charge on any atom is -0.383 e. The number of hydrogen-bond acceptors (Lipinski definition) is 2. The number of halogens is 1. The summed E-state index contributed by atoms with van der Waals surface area (Å²) in [5, 5.41) is 6.50. The predicted molar refractivity (Wildman–Crippen MR) is 70.3 cm³/mol. The number of hydrogen-bond donors (Lipinski definition) is 2. The van der Waals surface area contributed by atoms with Gasteiger partial charge in [0.05, 0.1) is 6.61 Å². The van der Waals surface area contributed by atoms with Crippen LogP contribution in [-0.4, -0.2) is 24.9 Å². The van der Waals surface area contributed by atoms with Crippen molar-refractivity contribution in [2.45, 2.75) is 19.5 Å². The van der Waals surface area contributed by atoms with Crippen LogP contribution in [0.3, 0.4) is 0 Å². The first-order valence-corrected chi connectivity index (χ1v) is 5.81. The van der Waals surface area contributed by atoms with Crippen molar-refractivity contribution in [3.8, 4) is 0 Å². The van der Waals surface area contributed by atoms with Crippen molar-refractivity contribution < 1.29 is 9.13 Å². The van der Waals surface area contributed by atoms with E-state index in [1.165, 1.54) is 6.07 Å². The second-order valence-electron chi connectivity index (χ2n) is 3.77. The van der Waals surface area contributed by atoms with Gasteiger partial charge in [0.2, 0.25) is 0 Å². The fourth-order valence-electron chi connectivity index (χ4n) is 1.38. The maximum absolute atomic E-state index is 13.3. The summed E-state index contributed by atoms with van der Waals surface area (Å²) < 4.78 is 18.3. The maximum atomic E-state index is 13.3. The summed E-state index contributed by atoms with van der Waals surface area (Å²) in [5.41, 5.74) is 0.594. The van der Waals surface area contributed by atoms with E-state index in [1.54, 1.807) is 25.3 Å². The number of rotatable bonds is 5. The molecule has 1 aromatic carbocycles. The van der Waals surface area contributed by atoms with E-state index in [1.807, 2.05) is 6.92 Å². The first-order chi connectivity index (χ1) is 8.13. The molecule has 1 aromatic rings. The Morgan fingerprint density at radius 3 is 2.82 bits per heavy atom. The largest absolute Gasteiger partial charge is 0.383 e. The second kappa shape index (κ2) is 7.19. The summed E-state index contributed by atoms with van der Waals surface area (Å²) in [6, 6.07) is 6.74. The Hall–Kier alpha value is -1.20. The van der Waals surface area contributed by atoms with E-state index in [2.05, 4.69) is 10.6 Å². The first-order valence-electron chi connectivity index (χ1n) is 5.40. The molecule has 0 amide bonds. The van der Waals surface area contributed by atoms with E-state index in [0.29, 0.717) is 23.8 Å². The Labute approximate surface area is 106 Å². The fraction of sp³-hybridized carbons (Fsp3) is 0.417. The van der Waals surface area contributed by atoms with Crippen LogP contribution in [-0.2, 0) is 11.3 Å². The average molecular weight is 256 g/mol. The number of benzene rings is 1. The van der Waals surface area contributed by atoms with E-state index in [4.69, 9.17) is 17.0 Å². The van der Waals surface area contributed by atoms with E-state index < -0.39 is 0 Å². The fourth-order valence-corrected chi connectivity index (χ4v) is 1.66. The SMILES string of the molecule is COCC(C)NC(=S)NCc1ccccc1F. The molecule has 0 fully saturated rings. The van der Waals surface area contributed by atoms with Gasteiger partial charge in [-0.05, 0) is 25.2 Å². The van der Waals surface area contributed by atoms with Gasteiger partial charge in [-0.2, -0.15) is 0 Å². The van der Waals surface area contributed by atoms with Gasteiger partial charge in [-0.15, -0.1) is 0 Å².